The van der Waals surface area contributed by atoms with Gasteiger partial charge >= 0.3 is 0 Å². The first kappa shape index (κ1) is 33.6. The molecule has 1 aliphatic rings. The molecule has 1 aromatic heterocycles. The summed E-state index contributed by atoms with van der Waals surface area (Å²) in [5, 5.41) is 16.2. The number of hydrogen-bond acceptors (Lipinski definition) is 7. The van der Waals surface area contributed by atoms with Crippen molar-refractivity contribution in [2.75, 3.05) is 13.1 Å². The van der Waals surface area contributed by atoms with Crippen molar-refractivity contribution in [3.8, 4) is 0 Å². The van der Waals surface area contributed by atoms with Crippen LogP contribution in [0.2, 0.25) is 0 Å². The van der Waals surface area contributed by atoms with Crippen LogP contribution in [0, 0.1) is 27.2 Å². The van der Waals surface area contributed by atoms with Crippen LogP contribution in [0.1, 0.15) is 65.5 Å². The third kappa shape index (κ3) is 7.29. The summed E-state index contributed by atoms with van der Waals surface area (Å²) in [7, 11) is -7.52. The number of halogens is 2. The van der Waals surface area contributed by atoms with Gasteiger partial charge in [-0.3, -0.25) is 10.1 Å². The zero-order chi connectivity index (χ0) is 33.5. The van der Waals surface area contributed by atoms with Gasteiger partial charge in [0.2, 0.25) is 0 Å². The SMILES string of the molecule is CC(C)(C)CC(C)(C)N=S(=NS(=O)(=O)c1ccc([N+](=O)[O-])cc1)(c1ccc(F)cc1)N1CCC(c2noc3cc(F)ccc23)CC1. The molecule has 4 aromatic rings. The van der Waals surface area contributed by atoms with E-state index in [1.54, 1.807) is 6.07 Å². The molecule has 0 saturated carbocycles. The topological polar surface area (TPSA) is 131 Å². The molecule has 14 heteroatoms. The molecule has 0 bridgehead atoms. The summed E-state index contributed by atoms with van der Waals surface area (Å²) in [5.41, 5.74) is -0.125. The third-order valence-corrected chi connectivity index (χ3v) is 12.9. The van der Waals surface area contributed by atoms with Crippen LogP contribution in [0.3, 0.4) is 0 Å². The van der Waals surface area contributed by atoms with E-state index in [4.69, 9.17) is 8.89 Å². The number of sulfonamides is 1. The Kier molecular flexibility index (Phi) is 9.10. The fourth-order valence-corrected chi connectivity index (χ4v) is 11.5. The molecule has 1 aliphatic heterocycles. The monoisotopic (exact) mass is 673 g/mol. The molecule has 46 heavy (non-hydrogen) atoms. The highest BCUT2D eigenvalue weighted by atomic mass is 32.3. The number of benzene rings is 3. The molecule has 0 spiro atoms. The van der Waals surface area contributed by atoms with E-state index in [9.17, 15) is 27.3 Å². The van der Waals surface area contributed by atoms with Crippen LogP contribution < -0.4 is 0 Å². The van der Waals surface area contributed by atoms with Crippen LogP contribution in [0.4, 0.5) is 14.5 Å². The standard InChI is InChI=1S/C32H37F2N5O5S2/c1-31(2,3)21-32(4,5)36-45(26-11-6-23(33)7-12-26,37-46(42,43)27-13-9-25(10-14-27)39(40)41)38-18-16-22(17-19-38)30-28-15-8-24(34)20-29(28)44-35-30/h6-15,20,22H,16-19,21H2,1-5H3. The molecule has 0 amide bonds. The van der Waals surface area contributed by atoms with Crippen LogP contribution in [0.15, 0.2) is 89.2 Å². The first-order valence-corrected chi connectivity index (χ1v) is 17.8. The highest BCUT2D eigenvalue weighted by molar-refractivity contribution is 8.03. The van der Waals surface area contributed by atoms with Gasteiger partial charge in [0.15, 0.2) is 5.58 Å². The van der Waals surface area contributed by atoms with Gasteiger partial charge in [0.25, 0.3) is 15.7 Å². The largest absolute Gasteiger partial charge is 0.356 e. The van der Waals surface area contributed by atoms with E-state index in [1.807, 2.05) is 18.2 Å². The molecule has 5 rings (SSSR count). The predicted octanol–water partition coefficient (Wildman–Crippen LogP) is 8.29. The molecule has 3 aromatic carbocycles. The molecule has 0 N–H and O–H groups in total. The van der Waals surface area contributed by atoms with E-state index >= 15 is 0 Å². The van der Waals surface area contributed by atoms with Crippen molar-refractivity contribution in [1.29, 1.82) is 0 Å². The highest BCUT2D eigenvalue weighted by Crippen LogP contribution is 2.39. The van der Waals surface area contributed by atoms with Crippen molar-refractivity contribution in [3.05, 3.63) is 94.2 Å². The van der Waals surface area contributed by atoms with Crippen LogP contribution in [0.25, 0.3) is 11.0 Å². The second-order valence-corrected chi connectivity index (χ2v) is 17.6. The minimum absolute atomic E-state index is 0.0536. The maximum Gasteiger partial charge on any atom is 0.290 e. The number of piperidine rings is 1. The molecular formula is C32H37F2N5O5S2. The first-order chi connectivity index (χ1) is 21.5. The molecular weight excluding hydrogens is 637 g/mol. The van der Waals surface area contributed by atoms with Gasteiger partial charge in [0.1, 0.15) is 11.6 Å². The fraction of sp³-hybridized carbons (Fsp3) is 0.406. The van der Waals surface area contributed by atoms with Crippen molar-refractivity contribution in [2.45, 2.75) is 75.1 Å². The van der Waals surface area contributed by atoms with Gasteiger partial charge < -0.3 is 4.52 Å². The van der Waals surface area contributed by atoms with Gasteiger partial charge in [-0.05, 0) is 87.1 Å². The smallest absolute Gasteiger partial charge is 0.290 e. The molecule has 2 heterocycles. The maximum absolute atomic E-state index is 14.3. The Morgan fingerprint density at radius 2 is 1.52 bits per heavy atom. The second-order valence-electron chi connectivity index (χ2n) is 13.3. The number of nitro benzene ring substituents is 1. The van der Waals surface area contributed by atoms with Crippen molar-refractivity contribution in [3.63, 3.8) is 0 Å². The molecule has 1 saturated heterocycles. The molecule has 1 atom stereocenters. The average molecular weight is 674 g/mol. The minimum Gasteiger partial charge on any atom is -0.356 e. The average Bonchev–Trinajstić information content (AvgIpc) is 3.38. The Morgan fingerprint density at radius 1 is 0.935 bits per heavy atom. The Hall–Kier alpha value is -3.75. The van der Waals surface area contributed by atoms with Gasteiger partial charge in [-0.2, -0.15) is 8.42 Å². The van der Waals surface area contributed by atoms with Crippen molar-refractivity contribution in [2.24, 2.45) is 13.5 Å². The van der Waals surface area contributed by atoms with Crippen molar-refractivity contribution < 1.29 is 26.6 Å². The summed E-state index contributed by atoms with van der Waals surface area (Å²) in [5.74, 6) is -0.965. The lowest BCUT2D eigenvalue weighted by molar-refractivity contribution is -0.384. The van der Waals surface area contributed by atoms with E-state index in [0.717, 1.165) is 29.7 Å². The molecule has 0 radical (unpaired) electrons. The number of aromatic nitrogens is 1. The van der Waals surface area contributed by atoms with Crippen LogP contribution in [-0.2, 0) is 19.8 Å². The number of rotatable bonds is 8. The van der Waals surface area contributed by atoms with Gasteiger partial charge in [0.05, 0.1) is 21.1 Å². The van der Waals surface area contributed by atoms with Crippen molar-refractivity contribution >= 4 is 36.5 Å². The molecule has 1 fully saturated rings. The number of nitro groups is 1. The van der Waals surface area contributed by atoms with E-state index in [2.05, 4.69) is 29.7 Å². The van der Waals surface area contributed by atoms with Crippen LogP contribution >= 0.6 is 0 Å². The summed E-state index contributed by atoms with van der Waals surface area (Å²) in [6, 6.07) is 14.5. The van der Waals surface area contributed by atoms with Crippen LogP contribution in [-0.4, -0.2) is 41.4 Å². The number of fused-ring (bicyclic) bond motifs is 1. The van der Waals surface area contributed by atoms with E-state index in [-0.39, 0.29) is 21.9 Å². The summed E-state index contributed by atoms with van der Waals surface area (Å²) in [4.78, 5) is 10.9. The fourth-order valence-electron chi connectivity index (χ4n) is 6.19. The highest BCUT2D eigenvalue weighted by Gasteiger charge is 2.35. The predicted molar refractivity (Wildman–Crippen MR) is 173 cm³/mol. The Morgan fingerprint density at radius 3 is 2.11 bits per heavy atom. The number of non-ortho nitro benzene ring substituents is 1. The van der Waals surface area contributed by atoms with E-state index < -0.39 is 41.9 Å². The van der Waals surface area contributed by atoms with Gasteiger partial charge in [-0.15, -0.1) is 3.77 Å². The summed E-state index contributed by atoms with van der Waals surface area (Å²) >= 11 is 0. The zero-order valence-corrected chi connectivity index (χ0v) is 27.9. The van der Waals surface area contributed by atoms with E-state index in [1.165, 1.54) is 36.4 Å². The normalized spacial score (nSPS) is 16.7. The summed E-state index contributed by atoms with van der Waals surface area (Å²) < 4.78 is 73.5. The van der Waals surface area contributed by atoms with Crippen LogP contribution in [0.5, 0.6) is 0 Å². The number of nitrogens with zero attached hydrogens (tertiary/aromatic N) is 5. The molecule has 246 valence electrons. The molecule has 0 aliphatic carbocycles. The van der Waals surface area contributed by atoms with Gasteiger partial charge in [-0.25, -0.2) is 17.4 Å². The quantitative estimate of drug-likeness (QED) is 0.136. The maximum atomic E-state index is 14.3. The second kappa shape index (κ2) is 12.5. The lowest BCUT2D eigenvalue weighted by Crippen LogP contribution is -2.40. The van der Waals surface area contributed by atoms with Gasteiger partial charge in [-0.1, -0.05) is 25.9 Å². The first-order valence-electron chi connectivity index (χ1n) is 14.8. The Labute approximate surface area is 268 Å². The third-order valence-electron chi connectivity index (χ3n) is 7.68. The summed E-state index contributed by atoms with van der Waals surface area (Å²) in [6.07, 6.45) is 1.70. The molecule has 10 nitrogen and oxygen atoms in total. The lowest BCUT2D eigenvalue weighted by atomic mass is 9.82. The summed E-state index contributed by atoms with van der Waals surface area (Å²) in [6.45, 7) is 10.8. The Balaban J connectivity index is 1.68. The minimum atomic E-state index is -4.43. The number of hydrogen-bond donors (Lipinski definition) is 0. The lowest BCUT2D eigenvalue weighted by Gasteiger charge is -2.39. The van der Waals surface area contributed by atoms with E-state index in [0.29, 0.717) is 48.5 Å². The Bertz CT molecular complexity index is 1990. The van der Waals surface area contributed by atoms with Gasteiger partial charge in [0, 0.05) is 57.3 Å². The zero-order valence-electron chi connectivity index (χ0n) is 26.3. The van der Waals surface area contributed by atoms with Crippen molar-refractivity contribution in [1.82, 2.24) is 9.46 Å². The molecule has 1 unspecified atom stereocenters.